The van der Waals surface area contributed by atoms with Crippen LogP contribution in [0.2, 0.25) is 0 Å². The highest BCUT2D eigenvalue weighted by atomic mass is 16.2. The summed E-state index contributed by atoms with van der Waals surface area (Å²) in [6, 6.07) is 0.279. The van der Waals surface area contributed by atoms with Gasteiger partial charge in [-0.05, 0) is 44.7 Å². The van der Waals surface area contributed by atoms with Crippen LogP contribution in [0.1, 0.15) is 33.6 Å². The Hall–Kier alpha value is -0.610. The molecule has 1 rings (SSSR count). The molecule has 0 radical (unpaired) electrons. The minimum absolute atomic E-state index is 0.151. The number of nitrogens with two attached hydrogens (primary N) is 1. The van der Waals surface area contributed by atoms with Gasteiger partial charge in [-0.3, -0.25) is 9.69 Å². The van der Waals surface area contributed by atoms with Crippen LogP contribution in [-0.2, 0) is 4.79 Å². The number of likely N-dealkylation sites (tertiary alicyclic amines) is 1. The van der Waals surface area contributed by atoms with E-state index < -0.39 is 0 Å². The molecular formula is C13H27N3O. The molecule has 1 fully saturated rings. The lowest BCUT2D eigenvalue weighted by molar-refractivity contribution is -0.123. The van der Waals surface area contributed by atoms with E-state index in [9.17, 15) is 4.79 Å². The first-order chi connectivity index (χ1) is 8.06. The lowest BCUT2D eigenvalue weighted by atomic mass is 9.87. The summed E-state index contributed by atoms with van der Waals surface area (Å²) in [4.78, 5) is 14.0. The first kappa shape index (κ1) is 14.5. The number of nitrogens with zero attached hydrogens (tertiary/aromatic N) is 1. The van der Waals surface area contributed by atoms with Crippen molar-refractivity contribution < 1.29 is 4.79 Å². The standard InChI is InChI=1S/C13H27N3O/c1-4-11(3)15-13(17)9-16-6-5-12(7-14)10(2)8-16/h10-12H,4-9,14H2,1-3H3,(H,15,17). The molecule has 0 bridgehead atoms. The lowest BCUT2D eigenvalue weighted by Gasteiger charge is -2.36. The Labute approximate surface area is 105 Å². The minimum atomic E-state index is 0.151. The van der Waals surface area contributed by atoms with E-state index in [1.54, 1.807) is 0 Å². The van der Waals surface area contributed by atoms with Crippen molar-refractivity contribution in [3.63, 3.8) is 0 Å². The first-order valence-corrected chi connectivity index (χ1v) is 6.78. The summed E-state index contributed by atoms with van der Waals surface area (Å²) in [5.74, 6) is 1.38. The predicted octanol–water partition coefficient (Wildman–Crippen LogP) is 0.818. The molecule has 1 aliphatic rings. The van der Waals surface area contributed by atoms with Gasteiger partial charge in [0.1, 0.15) is 0 Å². The molecule has 0 aromatic rings. The fourth-order valence-corrected chi connectivity index (χ4v) is 2.40. The van der Waals surface area contributed by atoms with E-state index in [2.05, 4.69) is 24.1 Å². The van der Waals surface area contributed by atoms with Crippen LogP contribution >= 0.6 is 0 Å². The van der Waals surface area contributed by atoms with Crippen molar-refractivity contribution in [1.82, 2.24) is 10.2 Å². The van der Waals surface area contributed by atoms with Crippen molar-refractivity contribution in [2.75, 3.05) is 26.2 Å². The summed E-state index contributed by atoms with van der Waals surface area (Å²) in [6.07, 6.45) is 2.10. The number of carbonyl (C=O) groups excluding carboxylic acids is 1. The summed E-state index contributed by atoms with van der Waals surface area (Å²) >= 11 is 0. The quantitative estimate of drug-likeness (QED) is 0.749. The van der Waals surface area contributed by atoms with Gasteiger partial charge < -0.3 is 11.1 Å². The number of carbonyl (C=O) groups is 1. The highest BCUT2D eigenvalue weighted by Crippen LogP contribution is 2.21. The van der Waals surface area contributed by atoms with Gasteiger partial charge in [-0.1, -0.05) is 13.8 Å². The van der Waals surface area contributed by atoms with Crippen molar-refractivity contribution in [3.05, 3.63) is 0 Å². The molecule has 0 saturated carbocycles. The minimum Gasteiger partial charge on any atom is -0.353 e. The molecule has 0 aliphatic carbocycles. The molecule has 3 N–H and O–H groups in total. The third-order valence-electron chi connectivity index (χ3n) is 3.86. The average molecular weight is 241 g/mol. The molecule has 1 saturated heterocycles. The Morgan fingerprint density at radius 1 is 1.59 bits per heavy atom. The summed E-state index contributed by atoms with van der Waals surface area (Å²) in [7, 11) is 0. The van der Waals surface area contributed by atoms with E-state index in [1.807, 2.05) is 6.92 Å². The third-order valence-corrected chi connectivity index (χ3v) is 3.86. The van der Waals surface area contributed by atoms with Crippen LogP contribution in [0.3, 0.4) is 0 Å². The molecule has 1 heterocycles. The SMILES string of the molecule is CCC(C)NC(=O)CN1CCC(CN)C(C)C1. The highest BCUT2D eigenvalue weighted by Gasteiger charge is 2.25. The maximum absolute atomic E-state index is 11.8. The van der Waals surface area contributed by atoms with Crippen LogP contribution in [0, 0.1) is 11.8 Å². The fourth-order valence-electron chi connectivity index (χ4n) is 2.40. The molecule has 0 spiro atoms. The second-order valence-corrected chi connectivity index (χ2v) is 5.37. The number of piperidine rings is 1. The smallest absolute Gasteiger partial charge is 0.234 e. The number of amides is 1. The fraction of sp³-hybridized carbons (Fsp3) is 0.923. The number of rotatable bonds is 5. The van der Waals surface area contributed by atoms with Crippen molar-refractivity contribution in [3.8, 4) is 0 Å². The number of hydrogen-bond acceptors (Lipinski definition) is 3. The van der Waals surface area contributed by atoms with E-state index in [4.69, 9.17) is 5.73 Å². The molecule has 100 valence electrons. The molecule has 3 atom stereocenters. The van der Waals surface area contributed by atoms with E-state index >= 15 is 0 Å². The monoisotopic (exact) mass is 241 g/mol. The maximum atomic E-state index is 11.8. The van der Waals surface area contributed by atoms with E-state index in [1.165, 1.54) is 0 Å². The van der Waals surface area contributed by atoms with Crippen LogP contribution in [0.4, 0.5) is 0 Å². The molecule has 4 heteroatoms. The van der Waals surface area contributed by atoms with Crippen molar-refractivity contribution in [2.45, 2.75) is 39.7 Å². The van der Waals surface area contributed by atoms with Gasteiger partial charge in [-0.2, -0.15) is 0 Å². The van der Waals surface area contributed by atoms with Crippen LogP contribution in [0.15, 0.2) is 0 Å². The van der Waals surface area contributed by atoms with Gasteiger partial charge in [0.05, 0.1) is 6.54 Å². The zero-order valence-corrected chi connectivity index (χ0v) is 11.4. The third kappa shape index (κ3) is 4.64. The van der Waals surface area contributed by atoms with Gasteiger partial charge in [0.15, 0.2) is 0 Å². The van der Waals surface area contributed by atoms with Crippen LogP contribution in [-0.4, -0.2) is 43.0 Å². The molecule has 0 aromatic carbocycles. The first-order valence-electron chi connectivity index (χ1n) is 6.78. The summed E-state index contributed by atoms with van der Waals surface area (Å²) in [6.45, 7) is 9.66. The molecular weight excluding hydrogens is 214 g/mol. The second kappa shape index (κ2) is 6.97. The number of nitrogens with one attached hydrogen (secondary N) is 1. The van der Waals surface area contributed by atoms with Crippen LogP contribution in [0.25, 0.3) is 0 Å². The number of hydrogen-bond donors (Lipinski definition) is 2. The Bertz CT molecular complexity index is 245. The molecule has 1 amide bonds. The lowest BCUT2D eigenvalue weighted by Crippen LogP contribution is -2.47. The average Bonchev–Trinajstić information content (AvgIpc) is 2.29. The second-order valence-electron chi connectivity index (χ2n) is 5.37. The van der Waals surface area contributed by atoms with E-state index in [0.717, 1.165) is 32.5 Å². The van der Waals surface area contributed by atoms with Crippen LogP contribution < -0.4 is 11.1 Å². The molecule has 4 nitrogen and oxygen atoms in total. The molecule has 17 heavy (non-hydrogen) atoms. The largest absolute Gasteiger partial charge is 0.353 e. The zero-order chi connectivity index (χ0) is 12.8. The van der Waals surface area contributed by atoms with Crippen molar-refractivity contribution in [2.24, 2.45) is 17.6 Å². The van der Waals surface area contributed by atoms with Gasteiger partial charge >= 0.3 is 0 Å². The Morgan fingerprint density at radius 2 is 2.29 bits per heavy atom. The van der Waals surface area contributed by atoms with Gasteiger partial charge in [-0.25, -0.2) is 0 Å². The molecule has 0 aromatic heterocycles. The van der Waals surface area contributed by atoms with Crippen molar-refractivity contribution in [1.29, 1.82) is 0 Å². The van der Waals surface area contributed by atoms with Gasteiger partial charge in [0, 0.05) is 12.6 Å². The van der Waals surface area contributed by atoms with Gasteiger partial charge in [0.2, 0.25) is 5.91 Å². The highest BCUT2D eigenvalue weighted by molar-refractivity contribution is 5.78. The van der Waals surface area contributed by atoms with E-state index in [-0.39, 0.29) is 11.9 Å². The predicted molar refractivity (Wildman–Crippen MR) is 70.7 cm³/mol. The van der Waals surface area contributed by atoms with E-state index in [0.29, 0.717) is 18.4 Å². The molecule has 3 unspecified atom stereocenters. The van der Waals surface area contributed by atoms with Crippen molar-refractivity contribution >= 4 is 5.91 Å². The molecule has 1 aliphatic heterocycles. The summed E-state index contributed by atoms with van der Waals surface area (Å²) in [5, 5.41) is 3.01. The Morgan fingerprint density at radius 3 is 2.82 bits per heavy atom. The Kier molecular flexibility index (Phi) is 5.92. The zero-order valence-electron chi connectivity index (χ0n) is 11.4. The topological polar surface area (TPSA) is 58.4 Å². The van der Waals surface area contributed by atoms with Gasteiger partial charge in [0.25, 0.3) is 0 Å². The van der Waals surface area contributed by atoms with Crippen LogP contribution in [0.5, 0.6) is 0 Å². The van der Waals surface area contributed by atoms with Gasteiger partial charge in [-0.15, -0.1) is 0 Å². The summed E-state index contributed by atoms with van der Waals surface area (Å²) in [5.41, 5.74) is 5.73. The normalized spacial score (nSPS) is 27.8. The Balaban J connectivity index is 2.31. The summed E-state index contributed by atoms with van der Waals surface area (Å²) < 4.78 is 0. The maximum Gasteiger partial charge on any atom is 0.234 e.